The van der Waals surface area contributed by atoms with Crippen LogP contribution in [0.2, 0.25) is 0 Å². The summed E-state index contributed by atoms with van der Waals surface area (Å²) in [6.45, 7) is 4.31. The van der Waals surface area contributed by atoms with Crippen LogP contribution in [-0.2, 0) is 5.54 Å². The molecular weight excluding hydrogens is 287 g/mol. The molecule has 3 heteroatoms. The molecule has 0 saturated heterocycles. The summed E-state index contributed by atoms with van der Waals surface area (Å²) >= 11 is 0. The molecule has 0 N–H and O–H groups in total. The number of benzene rings is 1. The highest BCUT2D eigenvalue weighted by molar-refractivity contribution is 5.59. The number of nitrogens with zero attached hydrogens (tertiary/aromatic N) is 2. The molecule has 0 amide bonds. The first-order valence-electron chi connectivity index (χ1n) is 8.98. The largest absolute Gasteiger partial charge is 0.328 e. The van der Waals surface area contributed by atoms with Crippen molar-refractivity contribution in [2.45, 2.75) is 70.8 Å². The monoisotopic (exact) mass is 314 g/mol. The van der Waals surface area contributed by atoms with Crippen molar-refractivity contribution in [1.82, 2.24) is 9.55 Å². The summed E-state index contributed by atoms with van der Waals surface area (Å²) in [5, 5.41) is 0. The molecule has 1 aromatic carbocycles. The number of unbranched alkanes of at least 4 members (excludes halogenated alkanes) is 1. The number of imidazole rings is 1. The van der Waals surface area contributed by atoms with Crippen molar-refractivity contribution in [1.29, 1.82) is 0 Å². The summed E-state index contributed by atoms with van der Waals surface area (Å²) in [6, 6.07) is 6.94. The molecule has 0 radical (unpaired) electrons. The molecule has 2 nitrogen and oxygen atoms in total. The van der Waals surface area contributed by atoms with Crippen molar-refractivity contribution in [2.24, 2.45) is 0 Å². The zero-order valence-corrected chi connectivity index (χ0v) is 14.3. The van der Waals surface area contributed by atoms with Gasteiger partial charge in [-0.2, -0.15) is 0 Å². The van der Waals surface area contributed by atoms with E-state index in [0.717, 1.165) is 11.5 Å². The predicted octanol–water partition coefficient (Wildman–Crippen LogP) is 5.85. The number of hydrogen-bond acceptors (Lipinski definition) is 1. The molecule has 1 heterocycles. The maximum atomic E-state index is 14.1. The van der Waals surface area contributed by atoms with E-state index in [1.165, 1.54) is 57.4 Å². The lowest BCUT2D eigenvalue weighted by atomic mass is 9.78. The molecule has 0 spiro atoms. The quantitative estimate of drug-likeness (QED) is 0.677. The first kappa shape index (κ1) is 16.2. The van der Waals surface area contributed by atoms with Gasteiger partial charge in [-0.3, -0.25) is 0 Å². The number of rotatable bonds is 5. The highest BCUT2D eigenvalue weighted by Gasteiger charge is 2.34. The second kappa shape index (κ2) is 6.86. The van der Waals surface area contributed by atoms with Crippen LogP contribution in [0.25, 0.3) is 11.3 Å². The minimum Gasteiger partial charge on any atom is -0.328 e. The van der Waals surface area contributed by atoms with Crippen LogP contribution in [0.3, 0.4) is 0 Å². The van der Waals surface area contributed by atoms with Crippen LogP contribution in [0.1, 0.15) is 64.1 Å². The van der Waals surface area contributed by atoms with Gasteiger partial charge in [0.05, 0.1) is 5.69 Å². The summed E-state index contributed by atoms with van der Waals surface area (Å²) in [7, 11) is 0. The van der Waals surface area contributed by atoms with Crippen LogP contribution >= 0.6 is 0 Å². The minimum atomic E-state index is -0.191. The number of aryl methyl sites for hydroxylation is 1. The lowest BCUT2D eigenvalue weighted by Gasteiger charge is -2.39. The van der Waals surface area contributed by atoms with Crippen LogP contribution < -0.4 is 0 Å². The van der Waals surface area contributed by atoms with Crippen LogP contribution in [0.5, 0.6) is 0 Å². The summed E-state index contributed by atoms with van der Waals surface area (Å²) in [5.74, 6) is 0.824. The van der Waals surface area contributed by atoms with Gasteiger partial charge in [-0.05, 0) is 38.3 Å². The normalized spacial score (nSPS) is 17.3. The average Bonchev–Trinajstić information content (AvgIpc) is 2.96. The Labute approximate surface area is 138 Å². The molecule has 0 aliphatic heterocycles. The highest BCUT2D eigenvalue weighted by Crippen LogP contribution is 2.41. The molecule has 1 aliphatic carbocycles. The van der Waals surface area contributed by atoms with E-state index >= 15 is 0 Å². The molecule has 0 atom stereocenters. The SMILES string of the molecule is CCCCC1(n2cc(-c3ccccc3F)nc2C)CCCCC1. The smallest absolute Gasteiger partial charge is 0.132 e. The summed E-state index contributed by atoms with van der Waals surface area (Å²) in [5.41, 5.74) is 1.56. The topological polar surface area (TPSA) is 17.8 Å². The van der Waals surface area contributed by atoms with Gasteiger partial charge in [0.15, 0.2) is 0 Å². The number of hydrogen-bond donors (Lipinski definition) is 0. The Morgan fingerprint density at radius 2 is 1.91 bits per heavy atom. The molecule has 23 heavy (non-hydrogen) atoms. The van der Waals surface area contributed by atoms with E-state index in [-0.39, 0.29) is 11.4 Å². The maximum absolute atomic E-state index is 14.1. The summed E-state index contributed by atoms with van der Waals surface area (Å²) in [6.07, 6.45) is 12.1. The lowest BCUT2D eigenvalue weighted by molar-refractivity contribution is 0.170. The van der Waals surface area contributed by atoms with E-state index in [9.17, 15) is 4.39 Å². The summed E-state index contributed by atoms with van der Waals surface area (Å²) in [4.78, 5) is 4.69. The molecule has 124 valence electrons. The molecule has 1 aliphatic rings. The number of halogens is 1. The molecule has 0 unspecified atom stereocenters. The van der Waals surface area contributed by atoms with Crippen molar-refractivity contribution in [2.75, 3.05) is 0 Å². The van der Waals surface area contributed by atoms with Gasteiger partial charge >= 0.3 is 0 Å². The van der Waals surface area contributed by atoms with Crippen molar-refractivity contribution in [3.8, 4) is 11.3 Å². The Kier molecular flexibility index (Phi) is 4.84. The second-order valence-electron chi connectivity index (χ2n) is 6.91. The van der Waals surface area contributed by atoms with E-state index in [0.29, 0.717) is 5.56 Å². The fourth-order valence-corrected chi connectivity index (χ4v) is 4.08. The molecule has 3 rings (SSSR count). The van der Waals surface area contributed by atoms with E-state index in [4.69, 9.17) is 4.98 Å². The first-order chi connectivity index (χ1) is 11.2. The maximum Gasteiger partial charge on any atom is 0.132 e. The van der Waals surface area contributed by atoms with Gasteiger partial charge in [0.25, 0.3) is 0 Å². The van der Waals surface area contributed by atoms with Gasteiger partial charge in [-0.25, -0.2) is 9.37 Å². The van der Waals surface area contributed by atoms with Gasteiger partial charge in [-0.1, -0.05) is 51.2 Å². The average molecular weight is 314 g/mol. The Morgan fingerprint density at radius 1 is 1.17 bits per heavy atom. The highest BCUT2D eigenvalue weighted by atomic mass is 19.1. The molecule has 1 aromatic heterocycles. The van der Waals surface area contributed by atoms with Crippen molar-refractivity contribution in [3.63, 3.8) is 0 Å². The molecule has 0 bridgehead atoms. The third-order valence-corrected chi connectivity index (χ3v) is 5.32. The second-order valence-corrected chi connectivity index (χ2v) is 6.91. The third-order valence-electron chi connectivity index (χ3n) is 5.32. The van der Waals surface area contributed by atoms with Crippen molar-refractivity contribution in [3.05, 3.63) is 42.1 Å². The van der Waals surface area contributed by atoms with Crippen LogP contribution in [0.15, 0.2) is 30.5 Å². The fraction of sp³-hybridized carbons (Fsp3) is 0.550. The van der Waals surface area contributed by atoms with Gasteiger partial charge in [0.2, 0.25) is 0 Å². The molecule has 1 saturated carbocycles. The molecular formula is C20H27FN2. The fourth-order valence-electron chi connectivity index (χ4n) is 4.08. The van der Waals surface area contributed by atoms with E-state index in [1.54, 1.807) is 6.07 Å². The van der Waals surface area contributed by atoms with Gasteiger partial charge in [0.1, 0.15) is 11.6 Å². The third kappa shape index (κ3) is 3.19. The zero-order chi connectivity index (χ0) is 16.3. The van der Waals surface area contributed by atoms with Gasteiger partial charge in [-0.15, -0.1) is 0 Å². The van der Waals surface area contributed by atoms with E-state index in [2.05, 4.69) is 24.6 Å². The number of aromatic nitrogens is 2. The van der Waals surface area contributed by atoms with Crippen molar-refractivity contribution >= 4 is 0 Å². The van der Waals surface area contributed by atoms with Gasteiger partial charge in [0, 0.05) is 17.3 Å². The van der Waals surface area contributed by atoms with Gasteiger partial charge < -0.3 is 4.57 Å². The predicted molar refractivity (Wildman–Crippen MR) is 92.9 cm³/mol. The van der Waals surface area contributed by atoms with Crippen molar-refractivity contribution < 1.29 is 4.39 Å². The first-order valence-corrected chi connectivity index (χ1v) is 8.98. The minimum absolute atomic E-state index is 0.189. The zero-order valence-electron chi connectivity index (χ0n) is 14.3. The van der Waals surface area contributed by atoms with Crippen LogP contribution in [-0.4, -0.2) is 9.55 Å². The Morgan fingerprint density at radius 3 is 2.61 bits per heavy atom. The lowest BCUT2D eigenvalue weighted by Crippen LogP contribution is -2.36. The van der Waals surface area contributed by atoms with E-state index in [1.807, 2.05) is 12.1 Å². The van der Waals surface area contributed by atoms with Crippen LogP contribution in [0.4, 0.5) is 4.39 Å². The van der Waals surface area contributed by atoms with E-state index < -0.39 is 0 Å². The Bertz CT molecular complexity index is 653. The summed E-state index contributed by atoms with van der Waals surface area (Å²) < 4.78 is 16.5. The van der Waals surface area contributed by atoms with Crippen LogP contribution in [0, 0.1) is 12.7 Å². The molecule has 2 aromatic rings. The standard InChI is InChI=1S/C20H27FN2/c1-3-4-12-20(13-8-5-9-14-20)23-15-19(22-16(23)2)17-10-6-7-11-18(17)21/h6-7,10-11,15H,3-5,8-9,12-14H2,1-2H3. The Balaban J connectivity index is 1.99. The Hall–Kier alpha value is -1.64. The molecule has 1 fully saturated rings.